The Morgan fingerprint density at radius 3 is 3.09 bits per heavy atom. The zero-order valence-electron chi connectivity index (χ0n) is 13.2. The van der Waals surface area contributed by atoms with Crippen LogP contribution in [0, 0.1) is 12.8 Å². The van der Waals surface area contributed by atoms with Crippen molar-refractivity contribution in [3.8, 4) is 0 Å². The van der Waals surface area contributed by atoms with Crippen LogP contribution in [-0.4, -0.2) is 46.5 Å². The van der Waals surface area contributed by atoms with E-state index in [-0.39, 0.29) is 30.3 Å². The predicted octanol–water partition coefficient (Wildman–Crippen LogP) is 1.15. The van der Waals surface area contributed by atoms with Gasteiger partial charge in [-0.1, -0.05) is 0 Å². The van der Waals surface area contributed by atoms with Gasteiger partial charge in [-0.2, -0.15) is 14.8 Å². The summed E-state index contributed by atoms with van der Waals surface area (Å²) in [7, 11) is 0. The summed E-state index contributed by atoms with van der Waals surface area (Å²) in [5, 5.41) is 7.00. The Balaban J connectivity index is 1.86. The number of aryl methyl sites for hydroxylation is 1. The molecule has 1 unspecified atom stereocenters. The third kappa shape index (κ3) is 3.21. The largest absolute Gasteiger partial charge is 0.372 e. The van der Waals surface area contributed by atoms with E-state index in [2.05, 4.69) is 20.4 Å². The fourth-order valence-corrected chi connectivity index (χ4v) is 2.77. The standard InChI is InChI=1S/C15H19N5O3/c1-3-23-8-13(21)17-12-7-9(2)19-20(12)15-16-11-6-4-5-10(11)14(22)18-15/h7,10H,3-6,8H2,1-2H3,(H,17,21). The highest BCUT2D eigenvalue weighted by Crippen LogP contribution is 2.27. The van der Waals surface area contributed by atoms with Gasteiger partial charge in [-0.3, -0.25) is 9.59 Å². The van der Waals surface area contributed by atoms with E-state index in [1.165, 1.54) is 4.68 Å². The highest BCUT2D eigenvalue weighted by Gasteiger charge is 2.33. The van der Waals surface area contributed by atoms with Gasteiger partial charge in [-0.25, -0.2) is 4.99 Å². The van der Waals surface area contributed by atoms with E-state index in [0.29, 0.717) is 18.1 Å². The first-order chi connectivity index (χ1) is 11.1. The Hall–Kier alpha value is -2.35. The molecule has 1 fully saturated rings. The summed E-state index contributed by atoms with van der Waals surface area (Å²) in [5.74, 6) is -0.00158. The molecule has 1 aromatic heterocycles. The summed E-state index contributed by atoms with van der Waals surface area (Å²) >= 11 is 0. The summed E-state index contributed by atoms with van der Waals surface area (Å²) in [4.78, 5) is 32.5. The molecule has 23 heavy (non-hydrogen) atoms. The van der Waals surface area contributed by atoms with Crippen LogP contribution in [0.5, 0.6) is 0 Å². The molecule has 1 aliphatic heterocycles. The maximum Gasteiger partial charge on any atom is 0.257 e. The molecule has 1 aliphatic carbocycles. The highest BCUT2D eigenvalue weighted by atomic mass is 16.5. The van der Waals surface area contributed by atoms with E-state index in [9.17, 15) is 9.59 Å². The number of aliphatic imine (C=N–C) groups is 2. The lowest BCUT2D eigenvalue weighted by molar-refractivity contribution is -0.120. The second-order valence-corrected chi connectivity index (χ2v) is 5.57. The van der Waals surface area contributed by atoms with Crippen LogP contribution in [0.15, 0.2) is 16.1 Å². The van der Waals surface area contributed by atoms with Gasteiger partial charge in [0.1, 0.15) is 12.4 Å². The van der Waals surface area contributed by atoms with E-state index in [1.807, 2.05) is 6.92 Å². The molecule has 0 radical (unpaired) electrons. The molecule has 2 amide bonds. The Morgan fingerprint density at radius 2 is 2.30 bits per heavy atom. The van der Waals surface area contributed by atoms with Gasteiger partial charge in [0.15, 0.2) is 0 Å². The van der Waals surface area contributed by atoms with Gasteiger partial charge in [0.2, 0.25) is 0 Å². The first kappa shape index (κ1) is 15.5. The molecule has 2 heterocycles. The monoisotopic (exact) mass is 317 g/mol. The van der Waals surface area contributed by atoms with Crippen molar-refractivity contribution in [3.63, 3.8) is 0 Å². The number of anilines is 1. The third-order valence-corrected chi connectivity index (χ3v) is 3.81. The second-order valence-electron chi connectivity index (χ2n) is 5.57. The molecule has 8 heteroatoms. The van der Waals surface area contributed by atoms with Crippen LogP contribution in [0.2, 0.25) is 0 Å². The summed E-state index contributed by atoms with van der Waals surface area (Å²) in [6, 6.07) is 1.71. The van der Waals surface area contributed by atoms with Gasteiger partial charge in [0.05, 0.1) is 11.6 Å². The van der Waals surface area contributed by atoms with E-state index in [1.54, 1.807) is 13.0 Å². The topological polar surface area (TPSA) is 97.9 Å². The van der Waals surface area contributed by atoms with Crippen LogP contribution < -0.4 is 5.32 Å². The van der Waals surface area contributed by atoms with Crippen LogP contribution in [0.25, 0.3) is 0 Å². The number of fused-ring (bicyclic) bond motifs is 1. The van der Waals surface area contributed by atoms with Crippen LogP contribution in [-0.2, 0) is 14.3 Å². The fourth-order valence-electron chi connectivity index (χ4n) is 2.77. The van der Waals surface area contributed by atoms with Crippen LogP contribution in [0.3, 0.4) is 0 Å². The van der Waals surface area contributed by atoms with E-state index >= 15 is 0 Å². The maximum absolute atomic E-state index is 12.1. The van der Waals surface area contributed by atoms with Crippen molar-refractivity contribution in [2.24, 2.45) is 15.9 Å². The summed E-state index contributed by atoms with van der Waals surface area (Å²) in [5.41, 5.74) is 1.56. The van der Waals surface area contributed by atoms with Gasteiger partial charge in [-0.05, 0) is 33.1 Å². The SMILES string of the molecule is CCOCC(=O)Nc1cc(C)nn1C1=NC(=O)C2CCCC2=N1. The van der Waals surface area contributed by atoms with Gasteiger partial charge >= 0.3 is 0 Å². The number of aromatic nitrogens is 2. The molecule has 1 aromatic rings. The van der Waals surface area contributed by atoms with Crippen molar-refractivity contribution in [3.05, 3.63) is 11.8 Å². The first-order valence-corrected chi connectivity index (χ1v) is 7.73. The molecule has 0 bridgehead atoms. The average molecular weight is 317 g/mol. The van der Waals surface area contributed by atoms with E-state index < -0.39 is 0 Å². The number of carbonyl (C=O) groups excluding carboxylic acids is 2. The molecule has 0 saturated heterocycles. The number of carbonyl (C=O) groups is 2. The number of hydrogen-bond donors (Lipinski definition) is 1. The van der Waals surface area contributed by atoms with Crippen LogP contribution in [0.1, 0.15) is 31.9 Å². The Bertz CT molecular complexity index is 704. The molecule has 1 atom stereocenters. The summed E-state index contributed by atoms with van der Waals surface area (Å²) in [6.07, 6.45) is 2.57. The molecule has 2 aliphatic rings. The summed E-state index contributed by atoms with van der Waals surface area (Å²) < 4.78 is 6.48. The molecule has 3 rings (SSSR count). The van der Waals surface area contributed by atoms with Crippen molar-refractivity contribution in [2.45, 2.75) is 33.1 Å². The van der Waals surface area contributed by atoms with Crippen LogP contribution >= 0.6 is 0 Å². The molecule has 1 saturated carbocycles. The lowest BCUT2D eigenvalue weighted by Crippen LogP contribution is -2.29. The van der Waals surface area contributed by atoms with Crippen molar-refractivity contribution >= 4 is 29.3 Å². The minimum Gasteiger partial charge on any atom is -0.372 e. The third-order valence-electron chi connectivity index (χ3n) is 3.81. The lowest BCUT2D eigenvalue weighted by atomic mass is 10.1. The zero-order chi connectivity index (χ0) is 16.4. The lowest BCUT2D eigenvalue weighted by Gasteiger charge is -2.15. The minimum absolute atomic E-state index is 0.0390. The second kappa shape index (κ2) is 6.41. The Labute approximate surface area is 133 Å². The number of amides is 2. The molecule has 122 valence electrons. The molecule has 8 nitrogen and oxygen atoms in total. The number of nitrogens with zero attached hydrogens (tertiary/aromatic N) is 4. The number of ether oxygens (including phenoxy) is 1. The molecule has 0 spiro atoms. The number of rotatable bonds is 4. The van der Waals surface area contributed by atoms with Gasteiger partial charge in [-0.15, -0.1) is 0 Å². The van der Waals surface area contributed by atoms with Gasteiger partial charge in [0.25, 0.3) is 17.8 Å². The average Bonchev–Trinajstić information content (AvgIpc) is 3.11. The smallest absolute Gasteiger partial charge is 0.257 e. The van der Waals surface area contributed by atoms with Crippen LogP contribution in [0.4, 0.5) is 5.82 Å². The first-order valence-electron chi connectivity index (χ1n) is 7.73. The zero-order valence-corrected chi connectivity index (χ0v) is 13.2. The Kier molecular flexibility index (Phi) is 4.33. The van der Waals surface area contributed by atoms with E-state index in [4.69, 9.17) is 4.74 Å². The quantitative estimate of drug-likeness (QED) is 0.900. The number of nitrogens with one attached hydrogen (secondary N) is 1. The normalized spacial score (nSPS) is 20.1. The molecular formula is C15H19N5O3. The molecule has 1 N–H and O–H groups in total. The van der Waals surface area contributed by atoms with E-state index in [0.717, 1.165) is 25.0 Å². The van der Waals surface area contributed by atoms with Crippen molar-refractivity contribution in [2.75, 3.05) is 18.5 Å². The van der Waals surface area contributed by atoms with Gasteiger partial charge in [0, 0.05) is 18.4 Å². The number of hydrogen-bond acceptors (Lipinski definition) is 5. The highest BCUT2D eigenvalue weighted by molar-refractivity contribution is 6.17. The minimum atomic E-state index is -0.290. The van der Waals surface area contributed by atoms with Crippen molar-refractivity contribution in [1.82, 2.24) is 9.78 Å². The molecular weight excluding hydrogens is 298 g/mol. The maximum atomic E-state index is 12.1. The Morgan fingerprint density at radius 1 is 1.48 bits per heavy atom. The van der Waals surface area contributed by atoms with Gasteiger partial charge < -0.3 is 10.1 Å². The van der Waals surface area contributed by atoms with Crippen molar-refractivity contribution < 1.29 is 14.3 Å². The molecule has 0 aromatic carbocycles. The van der Waals surface area contributed by atoms with Crippen molar-refractivity contribution in [1.29, 1.82) is 0 Å². The summed E-state index contributed by atoms with van der Waals surface area (Å²) in [6.45, 7) is 4.04. The predicted molar refractivity (Wildman–Crippen MR) is 84.7 cm³/mol. The fraction of sp³-hybridized carbons (Fsp3) is 0.533.